The van der Waals surface area contributed by atoms with Crippen LogP contribution in [-0.2, 0) is 0 Å². The molecule has 1 heterocycles. The number of allylic oxidation sites excluding steroid dienone is 1. The van der Waals surface area contributed by atoms with Gasteiger partial charge < -0.3 is 0 Å². The highest BCUT2D eigenvalue weighted by Gasteiger charge is 2.08. The minimum absolute atomic E-state index is 0.338. The van der Waals surface area contributed by atoms with Crippen LogP contribution in [-0.4, -0.2) is 13.6 Å². The van der Waals surface area contributed by atoms with Crippen molar-refractivity contribution in [1.29, 1.82) is 0 Å². The molecular weight excluding hydrogens is 103 g/mol. The lowest BCUT2D eigenvalue weighted by Gasteiger charge is -1.97. The molecule has 0 aromatic rings. The molecule has 1 aliphatic rings. The second-order valence-electron chi connectivity index (χ2n) is 1.80. The molecule has 0 saturated heterocycles. The zero-order valence-electron chi connectivity index (χ0n) is 4.35. The van der Waals surface area contributed by atoms with Crippen molar-refractivity contribution < 1.29 is 0 Å². The van der Waals surface area contributed by atoms with E-state index in [4.69, 9.17) is 7.85 Å². The molecule has 0 aromatic heterocycles. The molecule has 0 bridgehead atoms. The van der Waals surface area contributed by atoms with Crippen LogP contribution in [0.2, 0.25) is 5.82 Å². The Hall–Kier alpha value is 0.155. The third-order valence-corrected chi connectivity index (χ3v) is 2.22. The Morgan fingerprint density at radius 2 is 2.71 bits per heavy atom. The van der Waals surface area contributed by atoms with E-state index in [0.717, 1.165) is 5.75 Å². The highest BCUT2D eigenvalue weighted by Crippen LogP contribution is 2.29. The van der Waals surface area contributed by atoms with E-state index in [1.807, 2.05) is 0 Å². The van der Waals surface area contributed by atoms with Crippen LogP contribution >= 0.6 is 11.8 Å². The topological polar surface area (TPSA) is 0 Å². The van der Waals surface area contributed by atoms with E-state index in [9.17, 15) is 0 Å². The molecule has 1 rings (SSSR count). The normalized spacial score (nSPS) is 30.4. The van der Waals surface area contributed by atoms with Gasteiger partial charge in [0.1, 0.15) is 0 Å². The Morgan fingerprint density at radius 3 is 2.86 bits per heavy atom. The predicted octanol–water partition coefficient (Wildman–Crippen LogP) is 1.59. The van der Waals surface area contributed by atoms with E-state index in [0.29, 0.717) is 5.82 Å². The monoisotopic (exact) mass is 110 g/mol. The van der Waals surface area contributed by atoms with E-state index in [2.05, 4.69) is 12.3 Å². The van der Waals surface area contributed by atoms with Crippen LogP contribution in [0.4, 0.5) is 0 Å². The van der Waals surface area contributed by atoms with Gasteiger partial charge in [0.2, 0.25) is 0 Å². The van der Waals surface area contributed by atoms with E-state index >= 15 is 0 Å². The Morgan fingerprint density at radius 1 is 2.00 bits per heavy atom. The van der Waals surface area contributed by atoms with E-state index < -0.39 is 0 Å². The van der Waals surface area contributed by atoms with Gasteiger partial charge in [-0.25, -0.2) is 0 Å². The molecule has 0 amide bonds. The fourth-order valence-corrected chi connectivity index (χ4v) is 1.51. The smallest absolute Gasteiger partial charge is 0.0770 e. The Kier molecular flexibility index (Phi) is 1.48. The molecule has 2 radical (unpaired) electrons. The maximum Gasteiger partial charge on any atom is 0.0770 e. The van der Waals surface area contributed by atoms with Gasteiger partial charge in [-0.1, -0.05) is 5.57 Å². The second-order valence-corrected chi connectivity index (χ2v) is 2.70. The third-order valence-electron chi connectivity index (χ3n) is 1.13. The van der Waals surface area contributed by atoms with Gasteiger partial charge in [-0.2, -0.15) is 0 Å². The van der Waals surface area contributed by atoms with Gasteiger partial charge >= 0.3 is 0 Å². The molecule has 0 aliphatic carbocycles. The zero-order valence-corrected chi connectivity index (χ0v) is 5.16. The highest BCUT2D eigenvalue weighted by atomic mass is 32.2. The van der Waals surface area contributed by atoms with Crippen LogP contribution in [0.15, 0.2) is 11.0 Å². The molecule has 0 fully saturated rings. The van der Waals surface area contributed by atoms with Crippen molar-refractivity contribution in [3.8, 4) is 0 Å². The van der Waals surface area contributed by atoms with Gasteiger partial charge in [0.15, 0.2) is 0 Å². The summed E-state index contributed by atoms with van der Waals surface area (Å²) in [7, 11) is 5.59. The van der Waals surface area contributed by atoms with Crippen LogP contribution in [0, 0.1) is 0 Å². The zero-order chi connectivity index (χ0) is 5.28. The van der Waals surface area contributed by atoms with Gasteiger partial charge in [-0.15, -0.1) is 11.8 Å². The molecule has 0 spiro atoms. The average Bonchev–Trinajstić information content (AvgIpc) is 1.91. The Balaban J connectivity index is 2.54. The molecule has 1 unspecified atom stereocenters. The number of rotatable bonds is 0. The first-order valence-electron chi connectivity index (χ1n) is 2.34. The predicted molar refractivity (Wildman–Crippen MR) is 35.7 cm³/mol. The maximum absolute atomic E-state index is 5.59. The summed E-state index contributed by atoms with van der Waals surface area (Å²) in [5.41, 5.74) is 1.32. The lowest BCUT2D eigenvalue weighted by molar-refractivity contribution is 1.13. The Bertz CT molecular complexity index is 98.3. The summed E-state index contributed by atoms with van der Waals surface area (Å²) in [6.07, 6.45) is 0. The second kappa shape index (κ2) is 1.95. The summed E-state index contributed by atoms with van der Waals surface area (Å²) in [6, 6.07) is 0. The van der Waals surface area contributed by atoms with Crippen LogP contribution in [0.25, 0.3) is 0 Å². The average molecular weight is 110 g/mol. The Labute approximate surface area is 49.8 Å². The molecule has 0 saturated carbocycles. The minimum atomic E-state index is 0.338. The van der Waals surface area contributed by atoms with Gasteiger partial charge in [0, 0.05) is 0 Å². The van der Waals surface area contributed by atoms with Crippen molar-refractivity contribution in [2.24, 2.45) is 0 Å². The van der Waals surface area contributed by atoms with Crippen LogP contribution in [0.3, 0.4) is 0 Å². The summed E-state index contributed by atoms with van der Waals surface area (Å²) >= 11 is 1.80. The molecule has 0 nitrogen and oxygen atoms in total. The molecule has 36 valence electrons. The highest BCUT2D eigenvalue weighted by molar-refractivity contribution is 8.02. The third kappa shape index (κ3) is 1.03. The lowest BCUT2D eigenvalue weighted by Crippen LogP contribution is -1.89. The van der Waals surface area contributed by atoms with Crippen molar-refractivity contribution in [2.45, 2.75) is 12.7 Å². The van der Waals surface area contributed by atoms with Crippen molar-refractivity contribution in [3.05, 3.63) is 11.0 Å². The standard InChI is InChI=1S/C5H7BS/c1-4-2-7-3-5(4)6/h2,5H,3H2,1H3. The largest absolute Gasteiger partial charge is 0.134 e. The van der Waals surface area contributed by atoms with Crippen molar-refractivity contribution in [2.75, 3.05) is 5.75 Å². The fourth-order valence-electron chi connectivity index (χ4n) is 0.502. The van der Waals surface area contributed by atoms with Crippen molar-refractivity contribution in [3.63, 3.8) is 0 Å². The molecular formula is C5H7BS. The van der Waals surface area contributed by atoms with Crippen molar-refractivity contribution >= 4 is 19.6 Å². The first-order chi connectivity index (χ1) is 3.30. The minimum Gasteiger partial charge on any atom is -0.134 e. The van der Waals surface area contributed by atoms with Crippen molar-refractivity contribution in [1.82, 2.24) is 0 Å². The summed E-state index contributed by atoms with van der Waals surface area (Å²) in [6.45, 7) is 2.07. The van der Waals surface area contributed by atoms with E-state index in [1.54, 1.807) is 11.8 Å². The van der Waals surface area contributed by atoms with E-state index in [1.165, 1.54) is 5.57 Å². The maximum atomic E-state index is 5.59. The van der Waals surface area contributed by atoms with Crippen LogP contribution in [0.5, 0.6) is 0 Å². The van der Waals surface area contributed by atoms with Crippen LogP contribution in [0.1, 0.15) is 6.92 Å². The number of hydrogen-bond acceptors (Lipinski definition) is 1. The molecule has 1 aliphatic heterocycles. The van der Waals surface area contributed by atoms with Gasteiger partial charge in [0.25, 0.3) is 0 Å². The first kappa shape index (κ1) is 5.29. The summed E-state index contributed by atoms with van der Waals surface area (Å²) in [4.78, 5) is 0. The molecule has 0 aromatic carbocycles. The lowest BCUT2D eigenvalue weighted by atomic mass is 9.84. The summed E-state index contributed by atoms with van der Waals surface area (Å²) in [5, 5.41) is 2.13. The summed E-state index contributed by atoms with van der Waals surface area (Å²) in [5.74, 6) is 1.41. The van der Waals surface area contributed by atoms with Gasteiger partial charge in [0.05, 0.1) is 7.85 Å². The SMILES string of the molecule is [B]C1CSC=C1C. The van der Waals surface area contributed by atoms with E-state index in [-0.39, 0.29) is 0 Å². The number of thioether (sulfide) groups is 1. The number of hydrogen-bond donors (Lipinski definition) is 0. The summed E-state index contributed by atoms with van der Waals surface area (Å²) < 4.78 is 0. The van der Waals surface area contributed by atoms with Crippen LogP contribution < -0.4 is 0 Å². The molecule has 1 atom stereocenters. The quantitative estimate of drug-likeness (QED) is 0.426. The molecule has 7 heavy (non-hydrogen) atoms. The molecule has 2 heteroatoms. The van der Waals surface area contributed by atoms with Gasteiger partial charge in [-0.3, -0.25) is 0 Å². The molecule has 0 N–H and O–H groups in total. The fraction of sp³-hybridized carbons (Fsp3) is 0.600. The van der Waals surface area contributed by atoms with Gasteiger partial charge in [-0.05, 0) is 23.9 Å². The first-order valence-corrected chi connectivity index (χ1v) is 3.39.